The molecule has 1 fully saturated rings. The van der Waals surface area contributed by atoms with E-state index in [-0.39, 0.29) is 24.3 Å². The van der Waals surface area contributed by atoms with E-state index in [2.05, 4.69) is 46.6 Å². The maximum absolute atomic E-state index is 13.8. The molecule has 1 saturated heterocycles. The molecule has 34 heavy (non-hydrogen) atoms. The number of fused-ring (bicyclic) bond motifs is 1. The van der Waals surface area contributed by atoms with Crippen molar-refractivity contribution in [1.82, 2.24) is 10.2 Å². The van der Waals surface area contributed by atoms with E-state index in [9.17, 15) is 9.59 Å². The highest BCUT2D eigenvalue weighted by molar-refractivity contribution is 6.10. The number of nitrogens with one attached hydrogen (secondary N) is 1. The summed E-state index contributed by atoms with van der Waals surface area (Å²) in [6.45, 7) is 3.87. The molecule has 5 heteroatoms. The number of carbonyl (C=O) groups is 2. The second-order valence-electron chi connectivity index (χ2n) is 10.2. The molecule has 3 aliphatic rings. The number of rotatable bonds is 4. The van der Waals surface area contributed by atoms with Gasteiger partial charge >= 0.3 is 0 Å². The third-order valence-corrected chi connectivity index (χ3v) is 8.34. The lowest BCUT2D eigenvalue weighted by Gasteiger charge is -2.40. The average molecular weight is 454 g/mol. The van der Waals surface area contributed by atoms with Crippen molar-refractivity contribution in [3.05, 3.63) is 77.4 Å². The second kappa shape index (κ2) is 7.95. The SMILES string of the molecule is CNC(=O)C[C@]1(C)C(=O)N(C2CCN([C@@H]3Cc4cccc5cccc3c45)CC2)c2ccccc21. The van der Waals surface area contributed by atoms with E-state index < -0.39 is 5.41 Å². The van der Waals surface area contributed by atoms with Crippen LogP contribution in [0.1, 0.15) is 48.9 Å². The van der Waals surface area contributed by atoms with E-state index in [1.807, 2.05) is 36.1 Å². The number of amides is 2. The highest BCUT2D eigenvalue weighted by atomic mass is 16.2. The maximum Gasteiger partial charge on any atom is 0.238 e. The molecule has 3 aromatic rings. The Morgan fingerprint density at radius 2 is 1.76 bits per heavy atom. The number of benzene rings is 3. The number of likely N-dealkylation sites (tertiary alicyclic amines) is 1. The van der Waals surface area contributed by atoms with Crippen molar-refractivity contribution in [2.75, 3.05) is 25.0 Å². The van der Waals surface area contributed by atoms with Gasteiger partial charge in [-0.2, -0.15) is 0 Å². The zero-order valence-corrected chi connectivity index (χ0v) is 19.9. The van der Waals surface area contributed by atoms with Gasteiger partial charge in [-0.15, -0.1) is 0 Å². The van der Waals surface area contributed by atoms with Crippen molar-refractivity contribution in [3.63, 3.8) is 0 Å². The fraction of sp³-hybridized carbons (Fsp3) is 0.379. The van der Waals surface area contributed by atoms with Gasteiger partial charge in [-0.1, -0.05) is 54.6 Å². The van der Waals surface area contributed by atoms with Crippen LogP contribution in [0.25, 0.3) is 10.8 Å². The van der Waals surface area contributed by atoms with Crippen LogP contribution in [0.4, 0.5) is 5.69 Å². The van der Waals surface area contributed by atoms with Crippen LogP contribution in [-0.2, 0) is 21.4 Å². The van der Waals surface area contributed by atoms with Gasteiger partial charge in [0.1, 0.15) is 0 Å². The van der Waals surface area contributed by atoms with E-state index in [0.717, 1.165) is 43.6 Å². The molecule has 5 nitrogen and oxygen atoms in total. The predicted molar refractivity (Wildman–Crippen MR) is 135 cm³/mol. The van der Waals surface area contributed by atoms with Crippen molar-refractivity contribution in [1.29, 1.82) is 0 Å². The third kappa shape index (κ3) is 3.10. The normalized spacial score (nSPS) is 24.6. The van der Waals surface area contributed by atoms with Crippen LogP contribution < -0.4 is 10.2 Å². The summed E-state index contributed by atoms with van der Waals surface area (Å²) in [5.74, 6) is -0.0360. The molecule has 0 unspecified atom stereocenters. The smallest absolute Gasteiger partial charge is 0.238 e. The lowest BCUT2D eigenvalue weighted by Crippen LogP contribution is -2.50. The lowest BCUT2D eigenvalue weighted by atomic mass is 9.80. The van der Waals surface area contributed by atoms with Gasteiger partial charge in [0, 0.05) is 44.3 Å². The standard InChI is InChI=1S/C29H31N3O2/c1-29(18-26(33)30-2)23-11-3-4-12-24(23)32(28(29)34)21-13-15-31(16-14-21)25-17-20-9-5-7-19-8-6-10-22(25)27(19)20/h3-12,21,25H,13-18H2,1-2H3,(H,30,33)/t25-,29+/m1/s1. The van der Waals surface area contributed by atoms with Crippen LogP contribution in [0.5, 0.6) is 0 Å². The Hall–Kier alpha value is -3.18. The Kier molecular flexibility index (Phi) is 4.99. The van der Waals surface area contributed by atoms with Gasteiger partial charge in [-0.25, -0.2) is 0 Å². The molecular weight excluding hydrogens is 422 g/mol. The molecule has 2 aliphatic heterocycles. The van der Waals surface area contributed by atoms with Crippen molar-refractivity contribution in [2.24, 2.45) is 0 Å². The first-order chi connectivity index (χ1) is 16.5. The minimum Gasteiger partial charge on any atom is -0.359 e. The number of nitrogens with zero attached hydrogens (tertiary/aromatic N) is 2. The summed E-state index contributed by atoms with van der Waals surface area (Å²) in [6, 6.07) is 21.9. The summed E-state index contributed by atoms with van der Waals surface area (Å²) in [5.41, 5.74) is 4.05. The topological polar surface area (TPSA) is 52.7 Å². The molecular formula is C29H31N3O2. The highest BCUT2D eigenvalue weighted by Crippen LogP contribution is 2.47. The number of para-hydroxylation sites is 1. The molecule has 1 aliphatic carbocycles. The summed E-state index contributed by atoms with van der Waals surface area (Å²) in [5, 5.41) is 5.47. The second-order valence-corrected chi connectivity index (χ2v) is 10.2. The van der Waals surface area contributed by atoms with E-state index in [4.69, 9.17) is 0 Å². The molecule has 2 heterocycles. The van der Waals surface area contributed by atoms with E-state index in [0.29, 0.717) is 6.04 Å². The molecule has 0 radical (unpaired) electrons. The molecule has 174 valence electrons. The Morgan fingerprint density at radius 3 is 2.53 bits per heavy atom. The predicted octanol–water partition coefficient (Wildman–Crippen LogP) is 4.34. The number of hydrogen-bond donors (Lipinski definition) is 1. The number of carbonyl (C=O) groups excluding carboxylic acids is 2. The van der Waals surface area contributed by atoms with Gasteiger partial charge in [0.2, 0.25) is 11.8 Å². The van der Waals surface area contributed by atoms with Crippen molar-refractivity contribution >= 4 is 28.3 Å². The van der Waals surface area contributed by atoms with Gasteiger partial charge in [0.25, 0.3) is 0 Å². The Morgan fingerprint density at radius 1 is 1.03 bits per heavy atom. The van der Waals surface area contributed by atoms with Crippen LogP contribution in [0.15, 0.2) is 60.7 Å². The van der Waals surface area contributed by atoms with Crippen molar-refractivity contribution in [3.8, 4) is 0 Å². The third-order valence-electron chi connectivity index (χ3n) is 8.34. The van der Waals surface area contributed by atoms with Gasteiger partial charge < -0.3 is 10.2 Å². The van der Waals surface area contributed by atoms with Crippen molar-refractivity contribution < 1.29 is 9.59 Å². The van der Waals surface area contributed by atoms with Gasteiger partial charge in [-0.05, 0) is 59.7 Å². The fourth-order valence-electron chi connectivity index (χ4n) is 6.58. The van der Waals surface area contributed by atoms with Gasteiger partial charge in [-0.3, -0.25) is 14.5 Å². The zero-order valence-electron chi connectivity index (χ0n) is 19.9. The summed E-state index contributed by atoms with van der Waals surface area (Å²) in [7, 11) is 1.63. The van der Waals surface area contributed by atoms with E-state index >= 15 is 0 Å². The molecule has 3 aromatic carbocycles. The summed E-state index contributed by atoms with van der Waals surface area (Å²) in [6.07, 6.45) is 3.13. The molecule has 1 N–H and O–H groups in total. The van der Waals surface area contributed by atoms with E-state index in [1.165, 1.54) is 21.9 Å². The monoisotopic (exact) mass is 453 g/mol. The average Bonchev–Trinajstić information content (AvgIpc) is 3.34. The Balaban J connectivity index is 1.23. The first-order valence-corrected chi connectivity index (χ1v) is 12.4. The molecule has 0 spiro atoms. The van der Waals surface area contributed by atoms with Crippen LogP contribution in [0.3, 0.4) is 0 Å². The lowest BCUT2D eigenvalue weighted by molar-refractivity contribution is -0.129. The van der Waals surface area contributed by atoms with E-state index in [1.54, 1.807) is 7.05 Å². The van der Waals surface area contributed by atoms with Gasteiger partial charge in [0.15, 0.2) is 0 Å². The van der Waals surface area contributed by atoms with Crippen LogP contribution in [0, 0.1) is 0 Å². The molecule has 0 aromatic heterocycles. The number of hydrogen-bond acceptors (Lipinski definition) is 3. The maximum atomic E-state index is 13.8. The fourth-order valence-corrected chi connectivity index (χ4v) is 6.58. The van der Waals surface area contributed by atoms with Crippen LogP contribution >= 0.6 is 0 Å². The zero-order chi connectivity index (χ0) is 23.4. The Bertz CT molecular complexity index is 1290. The molecule has 6 rings (SSSR count). The first-order valence-electron chi connectivity index (χ1n) is 12.4. The molecule has 0 saturated carbocycles. The van der Waals surface area contributed by atoms with Crippen LogP contribution in [0.2, 0.25) is 0 Å². The van der Waals surface area contributed by atoms with Crippen LogP contribution in [-0.4, -0.2) is 42.9 Å². The summed E-state index contributed by atoms with van der Waals surface area (Å²) >= 11 is 0. The minimum absolute atomic E-state index is 0.0637. The summed E-state index contributed by atoms with van der Waals surface area (Å²) in [4.78, 5) is 30.7. The molecule has 2 amide bonds. The van der Waals surface area contributed by atoms with Crippen molar-refractivity contribution in [2.45, 2.75) is 50.1 Å². The number of anilines is 1. The first kappa shape index (κ1) is 21.4. The largest absolute Gasteiger partial charge is 0.359 e. The summed E-state index contributed by atoms with van der Waals surface area (Å²) < 4.78 is 0. The Labute approximate surface area is 200 Å². The molecule has 0 bridgehead atoms. The van der Waals surface area contributed by atoms with Gasteiger partial charge in [0.05, 0.1) is 5.41 Å². The highest BCUT2D eigenvalue weighted by Gasteiger charge is 2.50. The quantitative estimate of drug-likeness (QED) is 0.639. The molecule has 2 atom stereocenters. The minimum atomic E-state index is -0.809. The number of piperidine rings is 1.